The molecule has 1 saturated heterocycles. The van der Waals surface area contributed by atoms with Gasteiger partial charge in [-0.3, -0.25) is 4.79 Å². The maximum Gasteiger partial charge on any atom is 0.238 e. The molecule has 5 nitrogen and oxygen atoms in total. The van der Waals surface area contributed by atoms with Crippen LogP contribution in [0.4, 0.5) is 10.1 Å². The molecular formula is C14H20FN3O2. The number of amides is 1. The fraction of sp³-hybridized carbons (Fsp3) is 0.500. The Morgan fingerprint density at radius 2 is 2.30 bits per heavy atom. The number of hydrogen-bond donors (Lipinski definition) is 2. The molecule has 1 aromatic rings. The topological polar surface area (TPSA) is 53.6 Å². The van der Waals surface area contributed by atoms with E-state index in [9.17, 15) is 9.18 Å². The third-order valence-corrected chi connectivity index (χ3v) is 3.15. The normalized spacial score (nSPS) is 19.8. The number of nitrogens with zero attached hydrogens (tertiary/aromatic N) is 1. The van der Waals surface area contributed by atoms with Gasteiger partial charge in [-0.15, -0.1) is 0 Å². The standard InChI is InChI=1S/C14H20FN3O2/c1-18-6-7-20-11(10-18)8-16-9-14(19)17-13-5-3-2-4-12(13)15/h2-5,11,16H,6-10H2,1H3,(H,17,19). The van der Waals surface area contributed by atoms with Gasteiger partial charge < -0.3 is 20.3 Å². The number of anilines is 1. The van der Waals surface area contributed by atoms with Crippen LogP contribution in [0.1, 0.15) is 0 Å². The van der Waals surface area contributed by atoms with Crippen molar-refractivity contribution >= 4 is 11.6 Å². The molecular weight excluding hydrogens is 261 g/mol. The first-order valence-electron chi connectivity index (χ1n) is 6.70. The summed E-state index contributed by atoms with van der Waals surface area (Å²) >= 11 is 0. The number of hydrogen-bond acceptors (Lipinski definition) is 4. The van der Waals surface area contributed by atoms with Gasteiger partial charge in [0.1, 0.15) is 5.82 Å². The Balaban J connectivity index is 1.69. The monoisotopic (exact) mass is 281 g/mol. The van der Waals surface area contributed by atoms with Gasteiger partial charge in [0.25, 0.3) is 0 Å². The average molecular weight is 281 g/mol. The number of carbonyl (C=O) groups excluding carboxylic acids is 1. The van der Waals surface area contributed by atoms with Gasteiger partial charge in [-0.25, -0.2) is 4.39 Å². The van der Waals surface area contributed by atoms with Crippen LogP contribution in [-0.4, -0.2) is 56.7 Å². The molecule has 1 fully saturated rings. The van der Waals surface area contributed by atoms with Crippen molar-refractivity contribution in [2.75, 3.05) is 45.2 Å². The largest absolute Gasteiger partial charge is 0.374 e. The minimum Gasteiger partial charge on any atom is -0.374 e. The molecule has 0 aliphatic carbocycles. The number of likely N-dealkylation sites (N-methyl/N-ethyl adjacent to an activating group) is 1. The van der Waals surface area contributed by atoms with Crippen molar-refractivity contribution in [3.05, 3.63) is 30.1 Å². The molecule has 110 valence electrons. The lowest BCUT2D eigenvalue weighted by molar-refractivity contribution is -0.115. The Labute approximate surface area is 118 Å². The smallest absolute Gasteiger partial charge is 0.238 e. The second kappa shape index (κ2) is 7.33. The van der Waals surface area contributed by atoms with E-state index in [1.165, 1.54) is 12.1 Å². The van der Waals surface area contributed by atoms with Gasteiger partial charge in [0.15, 0.2) is 0 Å². The van der Waals surface area contributed by atoms with Crippen molar-refractivity contribution in [1.29, 1.82) is 0 Å². The molecule has 0 saturated carbocycles. The van der Waals surface area contributed by atoms with E-state index in [1.807, 2.05) is 7.05 Å². The molecule has 1 aliphatic rings. The Morgan fingerprint density at radius 3 is 3.05 bits per heavy atom. The maximum absolute atomic E-state index is 13.3. The summed E-state index contributed by atoms with van der Waals surface area (Å²) in [5, 5.41) is 5.56. The van der Waals surface area contributed by atoms with Crippen LogP contribution in [0.2, 0.25) is 0 Å². The van der Waals surface area contributed by atoms with Crippen LogP contribution in [-0.2, 0) is 9.53 Å². The fourth-order valence-corrected chi connectivity index (χ4v) is 2.09. The molecule has 1 atom stereocenters. The van der Waals surface area contributed by atoms with Gasteiger partial charge in [-0.2, -0.15) is 0 Å². The van der Waals surface area contributed by atoms with Crippen LogP contribution in [0.25, 0.3) is 0 Å². The average Bonchev–Trinajstić information content (AvgIpc) is 2.41. The molecule has 6 heteroatoms. The van der Waals surface area contributed by atoms with Crippen molar-refractivity contribution in [2.24, 2.45) is 0 Å². The van der Waals surface area contributed by atoms with E-state index >= 15 is 0 Å². The van der Waals surface area contributed by atoms with E-state index in [4.69, 9.17) is 4.74 Å². The first-order valence-corrected chi connectivity index (χ1v) is 6.70. The lowest BCUT2D eigenvalue weighted by Gasteiger charge is -2.30. The van der Waals surface area contributed by atoms with Gasteiger partial charge in [-0.1, -0.05) is 12.1 Å². The summed E-state index contributed by atoms with van der Waals surface area (Å²) in [5.41, 5.74) is 0.202. The first-order chi connectivity index (χ1) is 9.65. The summed E-state index contributed by atoms with van der Waals surface area (Å²) in [6.45, 7) is 3.24. The maximum atomic E-state index is 13.3. The van der Waals surface area contributed by atoms with Gasteiger partial charge in [0, 0.05) is 19.6 Å². The Hall–Kier alpha value is -1.50. The van der Waals surface area contributed by atoms with Crippen molar-refractivity contribution in [3.63, 3.8) is 0 Å². The van der Waals surface area contributed by atoms with Crippen molar-refractivity contribution in [1.82, 2.24) is 10.2 Å². The molecule has 2 N–H and O–H groups in total. The molecule has 0 bridgehead atoms. The second-order valence-corrected chi connectivity index (χ2v) is 4.91. The quantitative estimate of drug-likeness (QED) is 0.833. The number of benzene rings is 1. The van der Waals surface area contributed by atoms with Crippen LogP contribution in [0, 0.1) is 5.82 Å². The summed E-state index contributed by atoms with van der Waals surface area (Å²) in [4.78, 5) is 13.9. The highest BCUT2D eigenvalue weighted by Gasteiger charge is 2.17. The number of para-hydroxylation sites is 1. The summed E-state index contributed by atoms with van der Waals surface area (Å²) < 4.78 is 18.9. The highest BCUT2D eigenvalue weighted by molar-refractivity contribution is 5.92. The Kier molecular flexibility index (Phi) is 5.46. The minimum absolute atomic E-state index is 0.0926. The molecule has 1 amide bonds. The third-order valence-electron chi connectivity index (χ3n) is 3.15. The van der Waals surface area contributed by atoms with Gasteiger partial charge in [-0.05, 0) is 19.2 Å². The van der Waals surface area contributed by atoms with Gasteiger partial charge in [0.05, 0.1) is 24.9 Å². The Bertz CT molecular complexity index is 456. The second-order valence-electron chi connectivity index (χ2n) is 4.91. The SMILES string of the molecule is CN1CCOC(CNCC(=O)Nc2ccccc2F)C1. The van der Waals surface area contributed by atoms with E-state index in [0.29, 0.717) is 13.2 Å². The third kappa shape index (κ3) is 4.56. The minimum atomic E-state index is -0.432. The van der Waals surface area contributed by atoms with Crippen molar-refractivity contribution in [2.45, 2.75) is 6.10 Å². The van der Waals surface area contributed by atoms with Crippen LogP contribution in [0.15, 0.2) is 24.3 Å². The molecule has 1 unspecified atom stereocenters. The molecule has 1 heterocycles. The predicted molar refractivity (Wildman–Crippen MR) is 75.1 cm³/mol. The number of rotatable bonds is 5. The number of nitrogens with one attached hydrogen (secondary N) is 2. The van der Waals surface area contributed by atoms with E-state index < -0.39 is 5.82 Å². The zero-order chi connectivity index (χ0) is 14.4. The van der Waals surface area contributed by atoms with Crippen LogP contribution < -0.4 is 10.6 Å². The van der Waals surface area contributed by atoms with Crippen LogP contribution in [0.5, 0.6) is 0 Å². The molecule has 2 rings (SSSR count). The van der Waals surface area contributed by atoms with E-state index in [2.05, 4.69) is 15.5 Å². The van der Waals surface area contributed by atoms with Gasteiger partial charge >= 0.3 is 0 Å². The molecule has 0 radical (unpaired) electrons. The summed E-state index contributed by atoms with van der Waals surface area (Å²) in [5.74, 6) is -0.697. The van der Waals surface area contributed by atoms with E-state index in [-0.39, 0.29) is 24.2 Å². The van der Waals surface area contributed by atoms with Gasteiger partial charge in [0.2, 0.25) is 5.91 Å². The van der Waals surface area contributed by atoms with Crippen molar-refractivity contribution in [3.8, 4) is 0 Å². The predicted octanol–water partition coefficient (Wildman–Crippen LogP) is 0.684. The molecule has 0 aromatic heterocycles. The molecule has 1 aromatic carbocycles. The van der Waals surface area contributed by atoms with Crippen LogP contribution >= 0.6 is 0 Å². The highest BCUT2D eigenvalue weighted by atomic mass is 19.1. The molecule has 20 heavy (non-hydrogen) atoms. The van der Waals surface area contributed by atoms with E-state index in [0.717, 1.165) is 13.1 Å². The van der Waals surface area contributed by atoms with Crippen molar-refractivity contribution < 1.29 is 13.9 Å². The zero-order valence-corrected chi connectivity index (χ0v) is 11.6. The highest BCUT2D eigenvalue weighted by Crippen LogP contribution is 2.11. The summed E-state index contributed by atoms with van der Waals surface area (Å²) in [6.07, 6.45) is 0.0926. The lowest BCUT2D eigenvalue weighted by Crippen LogP contribution is -2.45. The molecule has 0 spiro atoms. The number of morpholine rings is 1. The lowest BCUT2D eigenvalue weighted by atomic mass is 10.3. The number of ether oxygens (including phenoxy) is 1. The van der Waals surface area contributed by atoms with Crippen LogP contribution in [0.3, 0.4) is 0 Å². The first kappa shape index (κ1) is 14.9. The fourth-order valence-electron chi connectivity index (χ4n) is 2.09. The Morgan fingerprint density at radius 1 is 1.50 bits per heavy atom. The summed E-state index contributed by atoms with van der Waals surface area (Å²) in [6, 6.07) is 6.11. The zero-order valence-electron chi connectivity index (χ0n) is 11.6. The molecule has 1 aliphatic heterocycles. The number of halogens is 1. The van der Waals surface area contributed by atoms with E-state index in [1.54, 1.807) is 12.1 Å². The summed E-state index contributed by atoms with van der Waals surface area (Å²) in [7, 11) is 2.04. The number of carbonyl (C=O) groups is 1.